The molecular formula is C12H17BrN2O. The average molecular weight is 285 g/mol. The summed E-state index contributed by atoms with van der Waals surface area (Å²) in [6.07, 6.45) is 5.24. The number of amides is 1. The molecule has 0 bridgehead atoms. The molecule has 0 radical (unpaired) electrons. The first kappa shape index (κ1) is 11.7. The van der Waals surface area contributed by atoms with Gasteiger partial charge in [0.25, 0.3) is 5.91 Å². The van der Waals surface area contributed by atoms with E-state index in [1.54, 1.807) is 6.20 Å². The molecule has 88 valence electrons. The predicted octanol–water partition coefficient (Wildman–Crippen LogP) is 3.18. The molecule has 1 N–H and O–H groups in total. The molecule has 16 heavy (non-hydrogen) atoms. The number of halogens is 1. The summed E-state index contributed by atoms with van der Waals surface area (Å²) in [6, 6.07) is 2.53. The number of aromatic nitrogens is 1. The molecule has 1 aromatic heterocycles. The van der Waals surface area contributed by atoms with Gasteiger partial charge in [0.1, 0.15) is 5.69 Å². The van der Waals surface area contributed by atoms with Gasteiger partial charge in [0.2, 0.25) is 0 Å². The third-order valence-electron chi connectivity index (χ3n) is 3.31. The van der Waals surface area contributed by atoms with Crippen molar-refractivity contribution in [3.8, 4) is 0 Å². The fraction of sp³-hybridized carbons (Fsp3) is 0.583. The summed E-state index contributed by atoms with van der Waals surface area (Å²) in [4.78, 5) is 17.3. The topological polar surface area (TPSA) is 36.1 Å². The lowest BCUT2D eigenvalue weighted by Crippen LogP contribution is -2.47. The van der Waals surface area contributed by atoms with Crippen LogP contribution in [0.3, 0.4) is 0 Å². The van der Waals surface area contributed by atoms with E-state index in [0.29, 0.717) is 17.8 Å². The van der Waals surface area contributed by atoms with E-state index in [-0.39, 0.29) is 5.91 Å². The summed E-state index contributed by atoms with van der Waals surface area (Å²) >= 11 is 3.35. The van der Waals surface area contributed by atoms with Crippen LogP contribution in [0.5, 0.6) is 0 Å². The van der Waals surface area contributed by atoms with Gasteiger partial charge in [-0.1, -0.05) is 0 Å². The van der Waals surface area contributed by atoms with Crippen LogP contribution < -0.4 is 0 Å². The minimum absolute atomic E-state index is 0.116. The average Bonchev–Trinajstić information content (AvgIpc) is 2.64. The van der Waals surface area contributed by atoms with Crippen molar-refractivity contribution in [2.45, 2.75) is 45.2 Å². The van der Waals surface area contributed by atoms with Crippen molar-refractivity contribution in [3.63, 3.8) is 0 Å². The molecule has 1 fully saturated rings. The van der Waals surface area contributed by atoms with E-state index in [0.717, 1.165) is 17.3 Å². The second kappa shape index (κ2) is 4.62. The van der Waals surface area contributed by atoms with Gasteiger partial charge < -0.3 is 9.88 Å². The maximum atomic E-state index is 12.3. The minimum atomic E-state index is 0.116. The molecule has 0 unspecified atom stereocenters. The smallest absolute Gasteiger partial charge is 0.270 e. The van der Waals surface area contributed by atoms with Crippen LogP contribution in [0.1, 0.15) is 43.6 Å². The van der Waals surface area contributed by atoms with Crippen molar-refractivity contribution in [2.75, 3.05) is 0 Å². The molecule has 1 aromatic rings. The fourth-order valence-corrected chi connectivity index (χ4v) is 2.80. The summed E-state index contributed by atoms with van der Waals surface area (Å²) in [5, 5.41) is 0. The van der Waals surface area contributed by atoms with E-state index in [1.165, 1.54) is 6.42 Å². The SMILES string of the molecule is C[C@@H]1CCC[C@H](C)N1C(=O)c1cc(Br)c[nH]1. The monoisotopic (exact) mass is 284 g/mol. The number of carbonyl (C=O) groups excluding carboxylic acids is 1. The number of hydrogen-bond acceptors (Lipinski definition) is 1. The number of rotatable bonds is 1. The van der Waals surface area contributed by atoms with Gasteiger partial charge in [-0.25, -0.2) is 0 Å². The van der Waals surface area contributed by atoms with E-state index in [1.807, 2.05) is 11.0 Å². The van der Waals surface area contributed by atoms with Crippen molar-refractivity contribution in [2.24, 2.45) is 0 Å². The van der Waals surface area contributed by atoms with E-state index in [2.05, 4.69) is 34.8 Å². The summed E-state index contributed by atoms with van der Waals surface area (Å²) in [7, 11) is 0. The Labute approximate surface area is 104 Å². The first-order valence-electron chi connectivity index (χ1n) is 5.76. The van der Waals surface area contributed by atoms with Crippen LogP contribution in [0.25, 0.3) is 0 Å². The lowest BCUT2D eigenvalue weighted by atomic mass is 9.97. The van der Waals surface area contributed by atoms with Gasteiger partial charge in [0, 0.05) is 22.8 Å². The second-order valence-corrected chi connectivity index (χ2v) is 5.49. The molecule has 2 rings (SSSR count). The molecular weight excluding hydrogens is 268 g/mol. The molecule has 2 atom stereocenters. The second-order valence-electron chi connectivity index (χ2n) is 4.57. The molecule has 2 heterocycles. The Morgan fingerprint density at radius 2 is 2.06 bits per heavy atom. The van der Waals surface area contributed by atoms with Crippen LogP contribution in [-0.2, 0) is 0 Å². The van der Waals surface area contributed by atoms with Gasteiger partial charge in [-0.15, -0.1) is 0 Å². The lowest BCUT2D eigenvalue weighted by molar-refractivity contribution is 0.0505. The Morgan fingerprint density at radius 1 is 1.44 bits per heavy atom. The van der Waals surface area contributed by atoms with E-state index in [4.69, 9.17) is 0 Å². The number of piperidine rings is 1. The molecule has 0 saturated carbocycles. The van der Waals surface area contributed by atoms with Crippen molar-refractivity contribution in [1.82, 2.24) is 9.88 Å². The third-order valence-corrected chi connectivity index (χ3v) is 3.76. The molecule has 1 aliphatic rings. The van der Waals surface area contributed by atoms with Gasteiger partial charge in [0.15, 0.2) is 0 Å². The molecule has 0 aliphatic carbocycles. The fourth-order valence-electron chi connectivity index (χ4n) is 2.45. The summed E-state index contributed by atoms with van der Waals surface area (Å²) in [5.41, 5.74) is 0.674. The van der Waals surface area contributed by atoms with Gasteiger partial charge in [-0.3, -0.25) is 4.79 Å². The van der Waals surface area contributed by atoms with E-state index < -0.39 is 0 Å². The molecule has 1 aliphatic heterocycles. The third kappa shape index (κ3) is 2.17. The highest BCUT2D eigenvalue weighted by Gasteiger charge is 2.30. The minimum Gasteiger partial charge on any atom is -0.356 e. The molecule has 0 aromatic carbocycles. The summed E-state index contributed by atoms with van der Waals surface area (Å²) < 4.78 is 0.924. The van der Waals surface area contributed by atoms with Crippen molar-refractivity contribution in [1.29, 1.82) is 0 Å². The van der Waals surface area contributed by atoms with Gasteiger partial charge >= 0.3 is 0 Å². The number of likely N-dealkylation sites (tertiary alicyclic amines) is 1. The van der Waals surface area contributed by atoms with Crippen LogP contribution in [0.2, 0.25) is 0 Å². The number of H-pyrrole nitrogens is 1. The van der Waals surface area contributed by atoms with Crippen LogP contribution >= 0.6 is 15.9 Å². The van der Waals surface area contributed by atoms with E-state index in [9.17, 15) is 4.79 Å². The maximum absolute atomic E-state index is 12.3. The zero-order valence-electron chi connectivity index (χ0n) is 9.66. The Kier molecular flexibility index (Phi) is 3.38. The highest BCUT2D eigenvalue weighted by molar-refractivity contribution is 9.10. The molecule has 1 saturated heterocycles. The lowest BCUT2D eigenvalue weighted by Gasteiger charge is -2.38. The van der Waals surface area contributed by atoms with Crippen LogP contribution in [0, 0.1) is 0 Å². The largest absolute Gasteiger partial charge is 0.356 e. The number of hydrogen-bond donors (Lipinski definition) is 1. The zero-order valence-corrected chi connectivity index (χ0v) is 11.3. The number of nitrogens with one attached hydrogen (secondary N) is 1. The Hall–Kier alpha value is -0.770. The summed E-state index contributed by atoms with van der Waals surface area (Å²) in [5.74, 6) is 0.116. The Balaban J connectivity index is 2.19. The van der Waals surface area contributed by atoms with E-state index >= 15 is 0 Å². The first-order valence-corrected chi connectivity index (χ1v) is 6.55. The molecule has 1 amide bonds. The zero-order chi connectivity index (χ0) is 11.7. The van der Waals surface area contributed by atoms with Crippen molar-refractivity contribution < 1.29 is 4.79 Å². The first-order chi connectivity index (χ1) is 7.59. The van der Waals surface area contributed by atoms with Crippen LogP contribution in [-0.4, -0.2) is 27.9 Å². The van der Waals surface area contributed by atoms with Crippen molar-refractivity contribution in [3.05, 3.63) is 22.4 Å². The maximum Gasteiger partial charge on any atom is 0.270 e. The number of carbonyl (C=O) groups is 1. The summed E-state index contributed by atoms with van der Waals surface area (Å²) in [6.45, 7) is 4.26. The number of aromatic amines is 1. The highest BCUT2D eigenvalue weighted by Crippen LogP contribution is 2.24. The standard InChI is InChI=1S/C12H17BrN2O/c1-8-4-3-5-9(2)15(8)12(16)11-6-10(13)7-14-11/h6-9,14H,3-5H2,1-2H3/t8-,9+. The van der Waals surface area contributed by atoms with Gasteiger partial charge in [-0.2, -0.15) is 0 Å². The molecule has 3 nitrogen and oxygen atoms in total. The van der Waals surface area contributed by atoms with Crippen LogP contribution in [0.15, 0.2) is 16.7 Å². The Bertz CT molecular complexity index is 378. The Morgan fingerprint density at radius 3 is 2.56 bits per heavy atom. The van der Waals surface area contributed by atoms with Gasteiger partial charge in [0.05, 0.1) is 0 Å². The van der Waals surface area contributed by atoms with Crippen molar-refractivity contribution >= 4 is 21.8 Å². The van der Waals surface area contributed by atoms with Gasteiger partial charge in [-0.05, 0) is 55.1 Å². The molecule has 4 heteroatoms. The number of nitrogens with zero attached hydrogens (tertiary/aromatic N) is 1. The normalized spacial score (nSPS) is 25.8. The quantitative estimate of drug-likeness (QED) is 0.845. The highest BCUT2D eigenvalue weighted by atomic mass is 79.9. The molecule has 0 spiro atoms. The van der Waals surface area contributed by atoms with Crippen LogP contribution in [0.4, 0.5) is 0 Å². The predicted molar refractivity (Wildman–Crippen MR) is 67.4 cm³/mol.